The number of anilines is 1. The molecule has 1 heterocycles. The minimum atomic E-state index is -0.232. The summed E-state index contributed by atoms with van der Waals surface area (Å²) in [6.07, 6.45) is 7.68. The highest BCUT2D eigenvalue weighted by atomic mass is 35.5. The number of nitrogens with zero attached hydrogens (tertiary/aromatic N) is 2. The number of aromatic nitrogens is 2. The molecule has 5 heteroatoms. The molecule has 1 atom stereocenters. The average Bonchev–Trinajstić information content (AvgIpc) is 2.40. The molecule has 0 saturated carbocycles. The van der Waals surface area contributed by atoms with E-state index in [4.69, 9.17) is 11.6 Å². The summed E-state index contributed by atoms with van der Waals surface area (Å²) < 4.78 is 1.40. The highest BCUT2D eigenvalue weighted by molar-refractivity contribution is 6.32. The summed E-state index contributed by atoms with van der Waals surface area (Å²) in [5.74, 6) is 0. The van der Waals surface area contributed by atoms with Gasteiger partial charge in [0.15, 0.2) is 0 Å². The third kappa shape index (κ3) is 4.82. The third-order valence-corrected chi connectivity index (χ3v) is 3.69. The van der Waals surface area contributed by atoms with Gasteiger partial charge in [-0.1, -0.05) is 44.2 Å². The first-order chi connectivity index (χ1) is 9.47. The number of hydrogen-bond acceptors (Lipinski definition) is 3. The number of hydrogen-bond donors (Lipinski definition) is 1. The van der Waals surface area contributed by atoms with Crippen LogP contribution in [0.3, 0.4) is 0 Å². The van der Waals surface area contributed by atoms with Gasteiger partial charge in [-0.3, -0.25) is 4.79 Å². The van der Waals surface area contributed by atoms with Gasteiger partial charge in [-0.15, -0.1) is 0 Å². The Labute approximate surface area is 126 Å². The summed E-state index contributed by atoms with van der Waals surface area (Å²) in [4.78, 5) is 12.0. The van der Waals surface area contributed by atoms with Crippen molar-refractivity contribution in [2.24, 2.45) is 0 Å². The SMILES string of the molecule is CCCCCCC(C)Nc1cnn(C(C)C)c(=O)c1Cl. The van der Waals surface area contributed by atoms with Crippen molar-refractivity contribution in [1.82, 2.24) is 9.78 Å². The van der Waals surface area contributed by atoms with Gasteiger partial charge in [0.25, 0.3) is 5.56 Å². The molecule has 114 valence electrons. The van der Waals surface area contributed by atoms with Gasteiger partial charge in [-0.25, -0.2) is 4.68 Å². The van der Waals surface area contributed by atoms with E-state index in [9.17, 15) is 4.79 Å². The monoisotopic (exact) mass is 299 g/mol. The number of halogens is 1. The molecule has 0 amide bonds. The molecule has 1 N–H and O–H groups in total. The fourth-order valence-electron chi connectivity index (χ4n) is 2.13. The van der Waals surface area contributed by atoms with E-state index in [2.05, 4.69) is 24.3 Å². The summed E-state index contributed by atoms with van der Waals surface area (Å²) >= 11 is 6.13. The summed E-state index contributed by atoms with van der Waals surface area (Å²) in [5.41, 5.74) is 0.404. The van der Waals surface area contributed by atoms with Crippen molar-refractivity contribution in [3.8, 4) is 0 Å². The fraction of sp³-hybridized carbons (Fsp3) is 0.733. The van der Waals surface area contributed by atoms with Gasteiger partial charge in [0.1, 0.15) is 5.02 Å². The molecule has 0 aliphatic heterocycles. The Morgan fingerprint density at radius 2 is 2.00 bits per heavy atom. The Morgan fingerprint density at radius 1 is 1.30 bits per heavy atom. The Balaban J connectivity index is 2.64. The molecule has 0 spiro atoms. The largest absolute Gasteiger partial charge is 0.380 e. The highest BCUT2D eigenvalue weighted by Crippen LogP contribution is 2.19. The van der Waals surface area contributed by atoms with Crippen LogP contribution in [0.2, 0.25) is 5.02 Å². The smallest absolute Gasteiger partial charge is 0.287 e. The predicted octanol–water partition coefficient (Wildman–Crippen LogP) is 4.25. The zero-order valence-corrected chi connectivity index (χ0v) is 13.7. The maximum Gasteiger partial charge on any atom is 0.287 e. The quantitative estimate of drug-likeness (QED) is 0.730. The van der Waals surface area contributed by atoms with E-state index in [1.807, 2.05) is 13.8 Å². The number of rotatable bonds is 8. The lowest BCUT2D eigenvalue weighted by atomic mass is 10.1. The highest BCUT2D eigenvalue weighted by Gasteiger charge is 2.12. The molecule has 1 aromatic rings. The van der Waals surface area contributed by atoms with Crippen LogP contribution in [0.4, 0.5) is 5.69 Å². The van der Waals surface area contributed by atoms with Crippen molar-refractivity contribution in [2.45, 2.75) is 71.9 Å². The van der Waals surface area contributed by atoms with Crippen molar-refractivity contribution in [1.29, 1.82) is 0 Å². The van der Waals surface area contributed by atoms with Gasteiger partial charge in [-0.2, -0.15) is 5.10 Å². The van der Waals surface area contributed by atoms with Gasteiger partial charge in [0.05, 0.1) is 17.9 Å². The molecular weight excluding hydrogens is 274 g/mol. The first-order valence-corrected chi connectivity index (χ1v) is 7.89. The van der Waals surface area contributed by atoms with E-state index in [0.29, 0.717) is 11.7 Å². The zero-order chi connectivity index (χ0) is 15.1. The Hall–Kier alpha value is -1.03. The van der Waals surface area contributed by atoms with E-state index in [-0.39, 0.29) is 16.6 Å². The van der Waals surface area contributed by atoms with Crippen LogP contribution in [0.1, 0.15) is 65.8 Å². The van der Waals surface area contributed by atoms with E-state index < -0.39 is 0 Å². The second kappa shape index (κ2) is 8.30. The molecule has 0 radical (unpaired) electrons. The van der Waals surface area contributed by atoms with E-state index in [1.165, 1.54) is 30.4 Å². The second-order valence-corrected chi connectivity index (χ2v) is 5.99. The van der Waals surface area contributed by atoms with E-state index >= 15 is 0 Å². The fourth-order valence-corrected chi connectivity index (χ4v) is 2.32. The van der Waals surface area contributed by atoms with Gasteiger partial charge in [-0.05, 0) is 27.2 Å². The van der Waals surface area contributed by atoms with Gasteiger partial charge in [0, 0.05) is 6.04 Å². The molecule has 20 heavy (non-hydrogen) atoms. The van der Waals surface area contributed by atoms with Crippen molar-refractivity contribution >= 4 is 17.3 Å². The molecule has 0 fully saturated rings. The molecule has 0 aromatic carbocycles. The van der Waals surface area contributed by atoms with Crippen molar-refractivity contribution in [3.63, 3.8) is 0 Å². The summed E-state index contributed by atoms with van der Waals surface area (Å²) in [5, 5.41) is 7.68. The van der Waals surface area contributed by atoms with Crippen LogP contribution in [-0.2, 0) is 0 Å². The Kier molecular flexibility index (Phi) is 7.06. The molecule has 0 bridgehead atoms. The molecule has 4 nitrogen and oxygen atoms in total. The lowest BCUT2D eigenvalue weighted by molar-refractivity contribution is 0.502. The van der Waals surface area contributed by atoms with Crippen LogP contribution >= 0.6 is 11.6 Å². The van der Waals surface area contributed by atoms with Crippen LogP contribution in [0.25, 0.3) is 0 Å². The maximum atomic E-state index is 12.0. The van der Waals surface area contributed by atoms with Crippen LogP contribution < -0.4 is 10.9 Å². The van der Waals surface area contributed by atoms with E-state index in [1.54, 1.807) is 6.20 Å². The second-order valence-electron chi connectivity index (χ2n) is 5.61. The molecule has 1 unspecified atom stereocenters. The molecular formula is C15H26ClN3O. The minimum absolute atomic E-state index is 0.0144. The number of nitrogens with one attached hydrogen (secondary N) is 1. The molecule has 0 aliphatic carbocycles. The third-order valence-electron chi connectivity index (χ3n) is 3.33. The summed E-state index contributed by atoms with van der Waals surface area (Å²) in [6.45, 7) is 8.13. The lowest BCUT2D eigenvalue weighted by Crippen LogP contribution is -2.27. The first-order valence-electron chi connectivity index (χ1n) is 7.51. The van der Waals surface area contributed by atoms with Crippen molar-refractivity contribution in [2.75, 3.05) is 5.32 Å². The maximum absolute atomic E-state index is 12.0. The van der Waals surface area contributed by atoms with Crippen molar-refractivity contribution < 1.29 is 0 Å². The predicted molar refractivity (Wildman–Crippen MR) is 85.7 cm³/mol. The van der Waals surface area contributed by atoms with Crippen LogP contribution in [-0.4, -0.2) is 15.8 Å². The Bertz CT molecular complexity index is 471. The van der Waals surface area contributed by atoms with E-state index in [0.717, 1.165) is 6.42 Å². The normalized spacial score (nSPS) is 12.7. The van der Waals surface area contributed by atoms with Crippen LogP contribution in [0.15, 0.2) is 11.0 Å². The molecule has 1 aromatic heterocycles. The topological polar surface area (TPSA) is 46.9 Å². The summed E-state index contributed by atoms with van der Waals surface area (Å²) in [6, 6.07) is 0.306. The lowest BCUT2D eigenvalue weighted by Gasteiger charge is -2.17. The van der Waals surface area contributed by atoms with Gasteiger partial charge < -0.3 is 5.32 Å². The zero-order valence-electron chi connectivity index (χ0n) is 12.9. The summed E-state index contributed by atoms with van der Waals surface area (Å²) in [7, 11) is 0. The van der Waals surface area contributed by atoms with Crippen molar-refractivity contribution in [3.05, 3.63) is 21.6 Å². The van der Waals surface area contributed by atoms with Crippen LogP contribution in [0, 0.1) is 0 Å². The molecule has 0 saturated heterocycles. The minimum Gasteiger partial charge on any atom is -0.380 e. The molecule has 0 aliphatic rings. The Morgan fingerprint density at radius 3 is 2.60 bits per heavy atom. The molecule has 1 rings (SSSR count). The van der Waals surface area contributed by atoms with Crippen LogP contribution in [0.5, 0.6) is 0 Å². The standard InChI is InChI=1S/C15H26ClN3O/c1-5-6-7-8-9-12(4)18-13-10-17-19(11(2)3)15(20)14(13)16/h10-12,18H,5-9H2,1-4H3. The van der Waals surface area contributed by atoms with Gasteiger partial charge >= 0.3 is 0 Å². The first kappa shape index (κ1) is 17.0. The van der Waals surface area contributed by atoms with Gasteiger partial charge in [0.2, 0.25) is 0 Å². The average molecular weight is 300 g/mol. The number of unbranched alkanes of at least 4 members (excludes halogenated alkanes) is 3.